The van der Waals surface area contributed by atoms with Gasteiger partial charge in [-0.25, -0.2) is 4.79 Å². The van der Waals surface area contributed by atoms with Crippen molar-refractivity contribution in [3.63, 3.8) is 0 Å². The molecule has 1 saturated heterocycles. The number of furan rings is 1. The summed E-state index contributed by atoms with van der Waals surface area (Å²) >= 11 is 0. The van der Waals surface area contributed by atoms with E-state index in [1.165, 1.54) is 17.2 Å². The van der Waals surface area contributed by atoms with Crippen LogP contribution >= 0.6 is 0 Å². The normalized spacial score (nSPS) is 14.9. The van der Waals surface area contributed by atoms with E-state index in [9.17, 15) is 22.8 Å². The van der Waals surface area contributed by atoms with E-state index in [4.69, 9.17) is 8.83 Å². The van der Waals surface area contributed by atoms with E-state index in [2.05, 4.69) is 5.10 Å². The highest BCUT2D eigenvalue weighted by molar-refractivity contribution is 5.76. The molecule has 30 heavy (non-hydrogen) atoms. The minimum absolute atomic E-state index is 0.0211. The van der Waals surface area contributed by atoms with Gasteiger partial charge >= 0.3 is 11.9 Å². The highest BCUT2D eigenvalue weighted by atomic mass is 19.4. The van der Waals surface area contributed by atoms with Crippen molar-refractivity contribution < 1.29 is 26.8 Å². The number of anilines is 1. The number of piperazine rings is 1. The minimum Gasteiger partial charge on any atom is -0.459 e. The molecule has 0 unspecified atom stereocenters. The Hall–Kier alpha value is -3.50. The molecule has 2 aromatic heterocycles. The number of rotatable bonds is 4. The van der Waals surface area contributed by atoms with E-state index >= 15 is 0 Å². The Bertz CT molecular complexity index is 1080. The molecule has 1 amide bonds. The van der Waals surface area contributed by atoms with Crippen LogP contribution in [0.25, 0.3) is 11.7 Å². The molecule has 158 valence electrons. The van der Waals surface area contributed by atoms with Crippen LogP contribution in [0.5, 0.6) is 0 Å². The number of benzene rings is 1. The molecule has 1 fully saturated rings. The van der Waals surface area contributed by atoms with Crippen molar-refractivity contribution in [3.05, 3.63) is 58.8 Å². The Balaban J connectivity index is 1.38. The number of aromatic nitrogens is 2. The number of carbonyl (C=O) groups excluding carboxylic acids is 1. The fourth-order valence-corrected chi connectivity index (χ4v) is 3.23. The number of nitrogens with zero attached hydrogens (tertiary/aromatic N) is 4. The Kier molecular flexibility index (Phi) is 5.10. The lowest BCUT2D eigenvalue weighted by Crippen LogP contribution is -2.50. The lowest BCUT2D eigenvalue weighted by molar-refractivity contribution is -0.137. The van der Waals surface area contributed by atoms with E-state index in [0.717, 1.165) is 16.8 Å². The summed E-state index contributed by atoms with van der Waals surface area (Å²) in [6, 6.07) is 8.29. The SMILES string of the molecule is O=C(Cn1nc(-c2ccco2)oc1=O)N1CCN(c2cccc(C(F)(F)F)c2)CC1. The fourth-order valence-electron chi connectivity index (χ4n) is 3.23. The quantitative estimate of drug-likeness (QED) is 0.642. The molecule has 0 N–H and O–H groups in total. The smallest absolute Gasteiger partial charge is 0.437 e. The van der Waals surface area contributed by atoms with E-state index in [-0.39, 0.29) is 24.1 Å². The lowest BCUT2D eigenvalue weighted by Gasteiger charge is -2.36. The number of carbonyl (C=O) groups is 1. The molecule has 0 aliphatic carbocycles. The standard InChI is InChI=1S/C19H17F3N4O4/c20-19(21,22)13-3-1-4-14(11-13)24-6-8-25(9-7-24)16(27)12-26-18(28)30-17(23-26)15-5-2-10-29-15/h1-5,10-11H,6-9,12H2. The van der Waals surface area contributed by atoms with Gasteiger partial charge in [0.1, 0.15) is 6.54 Å². The van der Waals surface area contributed by atoms with Crippen LogP contribution in [0.4, 0.5) is 18.9 Å². The predicted molar refractivity (Wildman–Crippen MR) is 98.7 cm³/mol. The first kappa shape index (κ1) is 19.8. The predicted octanol–water partition coefficient (Wildman–Crippen LogP) is 2.46. The average molecular weight is 422 g/mol. The summed E-state index contributed by atoms with van der Waals surface area (Å²) < 4.78 is 49.8. The van der Waals surface area contributed by atoms with Gasteiger partial charge in [-0.1, -0.05) is 6.07 Å². The molecule has 0 radical (unpaired) electrons. The van der Waals surface area contributed by atoms with E-state index in [1.54, 1.807) is 23.1 Å². The van der Waals surface area contributed by atoms with Crippen LogP contribution in [0.15, 0.2) is 56.3 Å². The summed E-state index contributed by atoms with van der Waals surface area (Å²) in [5, 5.41) is 3.96. The second kappa shape index (κ2) is 7.73. The average Bonchev–Trinajstić information content (AvgIpc) is 3.38. The molecule has 1 aliphatic heterocycles. The zero-order chi connectivity index (χ0) is 21.3. The summed E-state index contributed by atoms with van der Waals surface area (Å²) in [6.45, 7) is 1.07. The van der Waals surface area contributed by atoms with Gasteiger partial charge in [-0.05, 0) is 30.3 Å². The molecule has 1 aromatic carbocycles. The first-order valence-electron chi connectivity index (χ1n) is 9.13. The molecule has 8 nitrogen and oxygen atoms in total. The second-order valence-corrected chi connectivity index (χ2v) is 6.72. The summed E-state index contributed by atoms with van der Waals surface area (Å²) in [5.41, 5.74) is -0.260. The van der Waals surface area contributed by atoms with Crippen LogP contribution in [0.1, 0.15) is 5.56 Å². The maximum absolute atomic E-state index is 12.9. The maximum atomic E-state index is 12.9. The molecule has 1 aliphatic rings. The van der Waals surface area contributed by atoms with E-state index in [0.29, 0.717) is 31.9 Å². The Morgan fingerprint density at radius 1 is 1.10 bits per heavy atom. The van der Waals surface area contributed by atoms with Crippen LogP contribution in [-0.4, -0.2) is 46.8 Å². The Morgan fingerprint density at radius 3 is 2.53 bits per heavy atom. The monoisotopic (exact) mass is 422 g/mol. The topological polar surface area (TPSA) is 84.7 Å². The first-order chi connectivity index (χ1) is 14.3. The summed E-state index contributed by atoms with van der Waals surface area (Å²) in [5.74, 6) is -0.863. The molecule has 0 bridgehead atoms. The van der Waals surface area contributed by atoms with Crippen LogP contribution in [0, 0.1) is 0 Å². The highest BCUT2D eigenvalue weighted by Crippen LogP contribution is 2.31. The lowest BCUT2D eigenvalue weighted by atomic mass is 10.1. The molecule has 0 spiro atoms. The number of amides is 1. The van der Waals surface area contributed by atoms with Gasteiger partial charge in [-0.2, -0.15) is 17.9 Å². The largest absolute Gasteiger partial charge is 0.459 e. The molecule has 3 aromatic rings. The maximum Gasteiger partial charge on any atom is 0.437 e. The fraction of sp³-hybridized carbons (Fsp3) is 0.316. The number of hydrogen-bond donors (Lipinski definition) is 0. The highest BCUT2D eigenvalue weighted by Gasteiger charge is 2.31. The molecule has 0 atom stereocenters. The molecule has 11 heteroatoms. The van der Waals surface area contributed by atoms with E-state index < -0.39 is 17.5 Å². The molecule has 4 rings (SSSR count). The van der Waals surface area contributed by atoms with Crippen molar-refractivity contribution in [2.24, 2.45) is 0 Å². The summed E-state index contributed by atoms with van der Waals surface area (Å²) in [7, 11) is 0. The van der Waals surface area contributed by atoms with Gasteiger partial charge in [0.05, 0.1) is 11.8 Å². The third-order valence-corrected chi connectivity index (χ3v) is 4.79. The summed E-state index contributed by atoms with van der Waals surface area (Å²) in [4.78, 5) is 27.8. The third kappa shape index (κ3) is 4.09. The minimum atomic E-state index is -4.41. The van der Waals surface area contributed by atoms with Crippen molar-refractivity contribution in [2.45, 2.75) is 12.7 Å². The third-order valence-electron chi connectivity index (χ3n) is 4.79. The molecular formula is C19H17F3N4O4. The Morgan fingerprint density at radius 2 is 1.87 bits per heavy atom. The van der Waals surface area contributed by atoms with Crippen LogP contribution in [0.3, 0.4) is 0 Å². The molecule has 0 saturated carbocycles. The zero-order valence-corrected chi connectivity index (χ0v) is 15.6. The van der Waals surface area contributed by atoms with Gasteiger partial charge in [-0.15, -0.1) is 5.10 Å². The van der Waals surface area contributed by atoms with Gasteiger partial charge in [0.15, 0.2) is 5.76 Å². The van der Waals surface area contributed by atoms with Gasteiger partial charge in [0.25, 0.3) is 5.89 Å². The van der Waals surface area contributed by atoms with Crippen LogP contribution in [-0.2, 0) is 17.5 Å². The zero-order valence-electron chi connectivity index (χ0n) is 15.6. The van der Waals surface area contributed by atoms with Gasteiger partial charge < -0.3 is 18.6 Å². The number of halogens is 3. The van der Waals surface area contributed by atoms with Crippen molar-refractivity contribution in [3.8, 4) is 11.7 Å². The van der Waals surface area contributed by atoms with Crippen molar-refractivity contribution >= 4 is 11.6 Å². The molecular weight excluding hydrogens is 405 g/mol. The van der Waals surface area contributed by atoms with Gasteiger partial charge in [0, 0.05) is 31.9 Å². The summed E-state index contributed by atoms with van der Waals surface area (Å²) in [6.07, 6.45) is -3.00. The van der Waals surface area contributed by atoms with Crippen LogP contribution < -0.4 is 10.7 Å². The van der Waals surface area contributed by atoms with Crippen molar-refractivity contribution in [1.82, 2.24) is 14.7 Å². The van der Waals surface area contributed by atoms with E-state index in [1.807, 2.05) is 0 Å². The van der Waals surface area contributed by atoms with Gasteiger partial charge in [-0.3, -0.25) is 4.79 Å². The number of hydrogen-bond acceptors (Lipinski definition) is 6. The van der Waals surface area contributed by atoms with Gasteiger partial charge in [0.2, 0.25) is 5.91 Å². The first-order valence-corrected chi connectivity index (χ1v) is 9.13. The van der Waals surface area contributed by atoms with Crippen molar-refractivity contribution in [2.75, 3.05) is 31.1 Å². The number of alkyl halides is 3. The molecule has 3 heterocycles. The van der Waals surface area contributed by atoms with Crippen LogP contribution in [0.2, 0.25) is 0 Å². The Labute approximate surface area is 168 Å². The van der Waals surface area contributed by atoms with Crippen molar-refractivity contribution in [1.29, 1.82) is 0 Å². The second-order valence-electron chi connectivity index (χ2n) is 6.72.